The fourth-order valence-electron chi connectivity index (χ4n) is 2.01. The quantitative estimate of drug-likeness (QED) is 0.653. The van der Waals surface area contributed by atoms with Crippen LogP contribution in [-0.4, -0.2) is 4.98 Å². The predicted molar refractivity (Wildman–Crippen MR) is 84.4 cm³/mol. The van der Waals surface area contributed by atoms with Gasteiger partial charge in [0.2, 0.25) is 0 Å². The van der Waals surface area contributed by atoms with Crippen molar-refractivity contribution in [1.29, 1.82) is 0 Å². The van der Waals surface area contributed by atoms with E-state index in [1.54, 1.807) is 0 Å². The fourth-order valence-corrected chi connectivity index (χ4v) is 2.33. The summed E-state index contributed by atoms with van der Waals surface area (Å²) >= 11 is 10.1. The first-order chi connectivity index (χ1) is 9.63. The normalized spacial score (nSPS) is 10.8. The van der Waals surface area contributed by atoms with E-state index in [0.717, 1.165) is 16.8 Å². The average Bonchev–Trinajstić information content (AvgIpc) is 2.82. The molecule has 3 rings (SSSR count). The molecule has 0 unspecified atom stereocenters. The molecule has 0 aliphatic rings. The maximum absolute atomic E-state index is 5.92. The number of benzene rings is 2. The lowest BCUT2D eigenvalue weighted by Gasteiger charge is -2.02. The van der Waals surface area contributed by atoms with Crippen molar-refractivity contribution in [2.45, 2.75) is 12.1 Å². The van der Waals surface area contributed by atoms with E-state index >= 15 is 0 Å². The zero-order valence-corrected chi connectivity index (χ0v) is 12.4. The first-order valence-electron chi connectivity index (χ1n) is 6.16. The van der Waals surface area contributed by atoms with Gasteiger partial charge in [0, 0.05) is 16.1 Å². The minimum atomic E-state index is 0.352. The summed E-state index contributed by atoms with van der Waals surface area (Å²) in [6.45, 7) is 2.05. The first-order valence-corrected chi connectivity index (χ1v) is 6.99. The number of aromatic nitrogens is 1. The smallest absolute Gasteiger partial charge is 0.253 e. The van der Waals surface area contributed by atoms with Crippen LogP contribution in [0.2, 0.25) is 5.02 Å². The summed E-state index contributed by atoms with van der Waals surface area (Å²) in [7, 11) is 0. The second kappa shape index (κ2) is 5.35. The molecule has 1 heterocycles. The summed E-state index contributed by atoms with van der Waals surface area (Å²) in [5, 5.41) is 1.04. The molecule has 4 heteroatoms. The number of hydrogen-bond donors (Lipinski definition) is 1. The Morgan fingerprint density at radius 1 is 0.950 bits per heavy atom. The van der Waals surface area contributed by atoms with Crippen molar-refractivity contribution in [2.75, 3.05) is 0 Å². The van der Waals surface area contributed by atoms with E-state index in [9.17, 15) is 0 Å². The predicted octanol–water partition coefficient (Wildman–Crippen LogP) is 5.26. The molecule has 1 aromatic heterocycles. The van der Waals surface area contributed by atoms with Gasteiger partial charge < -0.3 is 4.42 Å². The molecule has 0 spiro atoms. The van der Waals surface area contributed by atoms with Crippen LogP contribution in [0.1, 0.15) is 5.56 Å². The molecule has 0 N–H and O–H groups in total. The molecular formula is C16H12ClNOS. The summed E-state index contributed by atoms with van der Waals surface area (Å²) in [6.07, 6.45) is 0. The Kier molecular flexibility index (Phi) is 3.55. The molecule has 0 atom stereocenters. The van der Waals surface area contributed by atoms with Gasteiger partial charge in [0.15, 0.2) is 5.76 Å². The Bertz CT molecular complexity index is 669. The summed E-state index contributed by atoms with van der Waals surface area (Å²) < 4.78 is 5.64. The molecular weight excluding hydrogens is 290 g/mol. The van der Waals surface area contributed by atoms with Crippen LogP contribution < -0.4 is 0 Å². The van der Waals surface area contributed by atoms with Crippen molar-refractivity contribution < 1.29 is 4.42 Å². The van der Waals surface area contributed by atoms with Gasteiger partial charge in [-0.05, 0) is 31.2 Å². The minimum Gasteiger partial charge on any atom is -0.431 e. The Morgan fingerprint density at radius 3 is 2.20 bits per heavy atom. The van der Waals surface area contributed by atoms with Crippen LogP contribution in [0.25, 0.3) is 22.6 Å². The molecule has 0 saturated carbocycles. The van der Waals surface area contributed by atoms with Crippen molar-refractivity contribution in [3.8, 4) is 22.6 Å². The summed E-state index contributed by atoms with van der Waals surface area (Å²) in [6, 6.07) is 15.6. The van der Waals surface area contributed by atoms with E-state index in [1.165, 1.54) is 5.56 Å². The SMILES string of the molecule is Cc1ccc(-c2nc(S)oc2-c2ccc(Cl)cc2)cc1. The number of nitrogens with zero attached hydrogens (tertiary/aromatic N) is 1. The van der Waals surface area contributed by atoms with Gasteiger partial charge in [0.05, 0.1) is 0 Å². The van der Waals surface area contributed by atoms with E-state index in [-0.39, 0.29) is 0 Å². The number of thiol groups is 1. The first kappa shape index (κ1) is 13.3. The highest BCUT2D eigenvalue weighted by Gasteiger charge is 2.15. The second-order valence-electron chi connectivity index (χ2n) is 4.55. The molecule has 3 aromatic rings. The van der Waals surface area contributed by atoms with E-state index in [0.29, 0.717) is 16.0 Å². The van der Waals surface area contributed by atoms with Gasteiger partial charge in [-0.15, -0.1) is 0 Å². The second-order valence-corrected chi connectivity index (χ2v) is 5.37. The van der Waals surface area contributed by atoms with Crippen LogP contribution in [0.5, 0.6) is 0 Å². The maximum Gasteiger partial charge on any atom is 0.253 e. The standard InChI is InChI=1S/C16H12ClNOS/c1-10-2-4-11(5-3-10)14-15(19-16(20)18-14)12-6-8-13(17)9-7-12/h2-9H,1H3,(H,18,20). The zero-order chi connectivity index (χ0) is 14.1. The molecule has 2 nitrogen and oxygen atoms in total. The molecule has 0 saturated heterocycles. The van der Waals surface area contributed by atoms with Crippen molar-refractivity contribution in [3.05, 3.63) is 59.1 Å². The minimum absolute atomic E-state index is 0.352. The van der Waals surface area contributed by atoms with E-state index in [2.05, 4.69) is 24.5 Å². The van der Waals surface area contributed by atoms with Crippen LogP contribution >= 0.6 is 24.2 Å². The third kappa shape index (κ3) is 2.60. The maximum atomic E-state index is 5.92. The lowest BCUT2D eigenvalue weighted by Crippen LogP contribution is -1.83. The van der Waals surface area contributed by atoms with Crippen LogP contribution in [0, 0.1) is 6.92 Å². The number of oxazole rings is 1. The molecule has 0 fully saturated rings. The van der Waals surface area contributed by atoms with Gasteiger partial charge in [-0.1, -0.05) is 54.1 Å². The number of aryl methyl sites for hydroxylation is 1. The number of rotatable bonds is 2. The Labute approximate surface area is 127 Å². The van der Waals surface area contributed by atoms with Crippen LogP contribution in [0.15, 0.2) is 58.2 Å². The van der Waals surface area contributed by atoms with E-state index < -0.39 is 0 Å². The zero-order valence-electron chi connectivity index (χ0n) is 10.8. The average molecular weight is 302 g/mol. The van der Waals surface area contributed by atoms with Gasteiger partial charge in [0.25, 0.3) is 5.22 Å². The van der Waals surface area contributed by atoms with Gasteiger partial charge in [0.1, 0.15) is 5.69 Å². The molecule has 0 bridgehead atoms. The molecule has 0 aliphatic heterocycles. The monoisotopic (exact) mass is 301 g/mol. The van der Waals surface area contributed by atoms with Crippen molar-refractivity contribution in [2.24, 2.45) is 0 Å². The topological polar surface area (TPSA) is 26.0 Å². The van der Waals surface area contributed by atoms with Gasteiger partial charge in [-0.2, -0.15) is 0 Å². The molecule has 100 valence electrons. The Morgan fingerprint density at radius 2 is 1.55 bits per heavy atom. The van der Waals surface area contributed by atoms with Crippen molar-refractivity contribution in [1.82, 2.24) is 4.98 Å². The van der Waals surface area contributed by atoms with E-state index in [1.807, 2.05) is 48.5 Å². The molecule has 0 radical (unpaired) electrons. The molecule has 20 heavy (non-hydrogen) atoms. The summed E-state index contributed by atoms with van der Waals surface area (Å²) in [5.41, 5.74) is 3.93. The lowest BCUT2D eigenvalue weighted by molar-refractivity contribution is 0.468. The third-order valence-corrected chi connectivity index (χ3v) is 3.49. The molecule has 0 aliphatic carbocycles. The third-order valence-electron chi connectivity index (χ3n) is 3.05. The highest BCUT2D eigenvalue weighted by Crippen LogP contribution is 2.34. The number of hydrogen-bond acceptors (Lipinski definition) is 3. The fraction of sp³-hybridized carbons (Fsp3) is 0.0625. The Hall–Kier alpha value is -1.71. The molecule has 2 aromatic carbocycles. The Balaban J connectivity index is 2.12. The van der Waals surface area contributed by atoms with Gasteiger partial charge in [-0.25, -0.2) is 4.98 Å². The highest BCUT2D eigenvalue weighted by molar-refractivity contribution is 7.80. The summed E-state index contributed by atoms with van der Waals surface area (Å²) in [5.74, 6) is 0.704. The largest absolute Gasteiger partial charge is 0.431 e. The number of halogens is 1. The van der Waals surface area contributed by atoms with Crippen molar-refractivity contribution in [3.63, 3.8) is 0 Å². The van der Waals surface area contributed by atoms with Crippen LogP contribution in [0.3, 0.4) is 0 Å². The summed E-state index contributed by atoms with van der Waals surface area (Å²) in [4.78, 5) is 4.37. The van der Waals surface area contributed by atoms with E-state index in [4.69, 9.17) is 16.0 Å². The lowest BCUT2D eigenvalue weighted by atomic mass is 10.0. The van der Waals surface area contributed by atoms with Gasteiger partial charge >= 0.3 is 0 Å². The molecule has 0 amide bonds. The van der Waals surface area contributed by atoms with Gasteiger partial charge in [-0.3, -0.25) is 0 Å². The van der Waals surface area contributed by atoms with Crippen LogP contribution in [-0.2, 0) is 0 Å². The highest BCUT2D eigenvalue weighted by atomic mass is 35.5. The van der Waals surface area contributed by atoms with Crippen LogP contribution in [0.4, 0.5) is 0 Å². The van der Waals surface area contributed by atoms with Crippen molar-refractivity contribution >= 4 is 24.2 Å².